The van der Waals surface area contributed by atoms with Gasteiger partial charge >= 0.3 is 0 Å². The van der Waals surface area contributed by atoms with Gasteiger partial charge in [0, 0.05) is 16.8 Å². The van der Waals surface area contributed by atoms with E-state index in [2.05, 4.69) is 10.3 Å². The second kappa shape index (κ2) is 4.72. The molecule has 0 bridgehead atoms. The van der Waals surface area contributed by atoms with Crippen LogP contribution < -0.4 is 11.1 Å². The van der Waals surface area contributed by atoms with Gasteiger partial charge in [0.2, 0.25) is 0 Å². The molecule has 0 fully saturated rings. The van der Waals surface area contributed by atoms with E-state index >= 15 is 0 Å². The highest BCUT2D eigenvalue weighted by Crippen LogP contribution is 2.23. The number of aromatic nitrogens is 1. The number of nitrogens with one attached hydrogen (secondary N) is 1. The first-order valence-corrected chi connectivity index (χ1v) is 6.10. The Morgan fingerprint density at radius 3 is 3.06 bits per heavy atom. The zero-order valence-corrected chi connectivity index (χ0v) is 10.4. The van der Waals surface area contributed by atoms with Crippen molar-refractivity contribution in [3.63, 3.8) is 0 Å². The Morgan fingerprint density at radius 2 is 2.38 bits per heavy atom. The van der Waals surface area contributed by atoms with Crippen LogP contribution in [0.5, 0.6) is 0 Å². The third kappa shape index (κ3) is 2.46. The van der Waals surface area contributed by atoms with E-state index in [1.54, 1.807) is 17.5 Å². The molecule has 0 saturated carbocycles. The molecule has 2 aromatic heterocycles. The van der Waals surface area contributed by atoms with E-state index in [1.165, 1.54) is 0 Å². The first-order valence-electron chi connectivity index (χ1n) is 4.84. The highest BCUT2D eigenvalue weighted by Gasteiger charge is 2.04. The van der Waals surface area contributed by atoms with Crippen molar-refractivity contribution in [2.24, 2.45) is 0 Å². The summed E-state index contributed by atoms with van der Waals surface area (Å²) in [5.41, 5.74) is 8.53. The van der Waals surface area contributed by atoms with Gasteiger partial charge in [-0.25, -0.2) is 4.98 Å². The van der Waals surface area contributed by atoms with E-state index in [9.17, 15) is 0 Å². The quantitative estimate of drug-likeness (QED) is 0.826. The van der Waals surface area contributed by atoms with Crippen molar-refractivity contribution >= 4 is 34.3 Å². The molecule has 0 aliphatic rings. The normalized spacial score (nSPS) is 10.4. The summed E-state index contributed by atoms with van der Waals surface area (Å²) in [4.78, 5) is 5.18. The van der Waals surface area contributed by atoms with Crippen molar-refractivity contribution in [2.45, 2.75) is 13.5 Å². The number of hydrogen-bond donors (Lipinski definition) is 2. The van der Waals surface area contributed by atoms with Gasteiger partial charge in [0.1, 0.15) is 0 Å². The Hall–Kier alpha value is -1.26. The molecule has 0 amide bonds. The third-order valence-electron chi connectivity index (χ3n) is 2.20. The summed E-state index contributed by atoms with van der Waals surface area (Å²) in [6.45, 7) is 2.66. The van der Waals surface area contributed by atoms with Gasteiger partial charge in [-0.3, -0.25) is 0 Å². The molecule has 3 N–H and O–H groups in total. The average molecular weight is 254 g/mol. The molecule has 0 unspecified atom stereocenters. The van der Waals surface area contributed by atoms with Gasteiger partial charge in [0.05, 0.1) is 12.2 Å². The molecule has 0 aliphatic carbocycles. The molecule has 0 aliphatic heterocycles. The van der Waals surface area contributed by atoms with Crippen molar-refractivity contribution in [1.29, 1.82) is 0 Å². The fraction of sp³-hybridized carbons (Fsp3) is 0.182. The molecule has 0 atom stereocenters. The fourth-order valence-electron chi connectivity index (χ4n) is 1.35. The number of rotatable bonds is 3. The van der Waals surface area contributed by atoms with Gasteiger partial charge in [-0.15, -0.1) is 11.3 Å². The molecule has 84 valence electrons. The van der Waals surface area contributed by atoms with Gasteiger partial charge in [0.15, 0.2) is 5.15 Å². The molecule has 3 nitrogen and oxygen atoms in total. The highest BCUT2D eigenvalue weighted by molar-refractivity contribution is 7.10. The van der Waals surface area contributed by atoms with Crippen molar-refractivity contribution in [3.8, 4) is 0 Å². The fourth-order valence-corrected chi connectivity index (χ4v) is 2.25. The van der Waals surface area contributed by atoms with E-state index in [-0.39, 0.29) is 0 Å². The highest BCUT2D eigenvalue weighted by atomic mass is 35.5. The number of nitrogens with zero attached hydrogens (tertiary/aromatic N) is 1. The average Bonchev–Trinajstić information content (AvgIpc) is 2.66. The Bertz CT molecular complexity index is 496. The lowest BCUT2D eigenvalue weighted by atomic mass is 10.3. The Labute approximate surface area is 103 Å². The minimum absolute atomic E-state index is 0.487. The maximum Gasteiger partial charge on any atom is 0.152 e. The largest absolute Gasteiger partial charge is 0.398 e. The predicted molar refractivity (Wildman–Crippen MR) is 70.0 cm³/mol. The minimum atomic E-state index is 0.487. The van der Waals surface area contributed by atoms with E-state index < -0.39 is 0 Å². The molecule has 0 spiro atoms. The van der Waals surface area contributed by atoms with E-state index in [1.807, 2.05) is 24.4 Å². The Kier molecular flexibility index (Phi) is 3.31. The van der Waals surface area contributed by atoms with Crippen molar-refractivity contribution < 1.29 is 0 Å². The molecule has 5 heteroatoms. The standard InChI is InChI=1S/C11H12ClN3S/c1-7-4-9(11(12)15-5-7)14-6-10-8(13)2-3-16-10/h2-5,14H,6,13H2,1H3. The first kappa shape index (κ1) is 11.2. The molecule has 0 radical (unpaired) electrons. The SMILES string of the molecule is Cc1cnc(Cl)c(NCc2sccc2N)c1. The van der Waals surface area contributed by atoms with Gasteiger partial charge in [-0.2, -0.15) is 0 Å². The summed E-state index contributed by atoms with van der Waals surface area (Å²) in [7, 11) is 0. The lowest BCUT2D eigenvalue weighted by Crippen LogP contribution is -2.01. The van der Waals surface area contributed by atoms with Crippen LogP contribution in [0.1, 0.15) is 10.4 Å². The maximum absolute atomic E-state index is 5.97. The molecular formula is C11H12ClN3S. The van der Waals surface area contributed by atoms with Crippen molar-refractivity contribution in [3.05, 3.63) is 39.3 Å². The first-order chi connectivity index (χ1) is 7.66. The molecule has 0 aromatic carbocycles. The number of nitrogens with two attached hydrogens (primary N) is 1. The van der Waals surface area contributed by atoms with Crippen LogP contribution in [0.25, 0.3) is 0 Å². The second-order valence-corrected chi connectivity index (χ2v) is 4.86. The maximum atomic E-state index is 5.97. The van der Waals surface area contributed by atoms with Crippen LogP contribution in [0.2, 0.25) is 5.15 Å². The zero-order chi connectivity index (χ0) is 11.5. The zero-order valence-electron chi connectivity index (χ0n) is 8.83. The Balaban J connectivity index is 2.10. The summed E-state index contributed by atoms with van der Waals surface area (Å²) >= 11 is 7.60. The smallest absolute Gasteiger partial charge is 0.152 e. The van der Waals surface area contributed by atoms with Crippen molar-refractivity contribution in [1.82, 2.24) is 4.98 Å². The topological polar surface area (TPSA) is 50.9 Å². The van der Waals surface area contributed by atoms with E-state index in [0.717, 1.165) is 21.8 Å². The molecule has 16 heavy (non-hydrogen) atoms. The molecule has 0 saturated heterocycles. The van der Waals surface area contributed by atoms with E-state index in [0.29, 0.717) is 11.7 Å². The van der Waals surface area contributed by atoms with Crippen molar-refractivity contribution in [2.75, 3.05) is 11.1 Å². The second-order valence-electron chi connectivity index (χ2n) is 3.50. The molecular weight excluding hydrogens is 242 g/mol. The minimum Gasteiger partial charge on any atom is -0.398 e. The van der Waals surface area contributed by atoms with Crippen LogP contribution in [-0.2, 0) is 6.54 Å². The summed E-state index contributed by atoms with van der Waals surface area (Å²) in [6.07, 6.45) is 1.74. The molecule has 2 heterocycles. The van der Waals surface area contributed by atoms with Crippen LogP contribution in [0.4, 0.5) is 11.4 Å². The van der Waals surface area contributed by atoms with Gasteiger partial charge in [-0.1, -0.05) is 11.6 Å². The Morgan fingerprint density at radius 1 is 1.56 bits per heavy atom. The number of aryl methyl sites for hydroxylation is 1. The summed E-state index contributed by atoms with van der Waals surface area (Å²) in [5.74, 6) is 0. The lowest BCUT2D eigenvalue weighted by Gasteiger charge is -2.07. The van der Waals surface area contributed by atoms with Gasteiger partial charge in [0.25, 0.3) is 0 Å². The van der Waals surface area contributed by atoms with Crippen LogP contribution in [0, 0.1) is 6.92 Å². The third-order valence-corrected chi connectivity index (χ3v) is 3.43. The summed E-state index contributed by atoms with van der Waals surface area (Å²) < 4.78 is 0. The number of hydrogen-bond acceptors (Lipinski definition) is 4. The lowest BCUT2D eigenvalue weighted by molar-refractivity contribution is 1.16. The predicted octanol–water partition coefficient (Wildman–Crippen LogP) is 3.30. The van der Waals surface area contributed by atoms with E-state index in [4.69, 9.17) is 17.3 Å². The summed E-state index contributed by atoms with van der Waals surface area (Å²) in [5, 5.41) is 5.69. The van der Waals surface area contributed by atoms with Crippen LogP contribution in [-0.4, -0.2) is 4.98 Å². The van der Waals surface area contributed by atoms with Crippen LogP contribution in [0.15, 0.2) is 23.7 Å². The molecule has 2 rings (SSSR count). The number of thiophene rings is 1. The van der Waals surface area contributed by atoms with Gasteiger partial charge in [-0.05, 0) is 30.0 Å². The number of nitrogen functional groups attached to an aromatic ring is 1. The summed E-state index contributed by atoms with van der Waals surface area (Å²) in [6, 6.07) is 3.87. The molecule has 2 aromatic rings. The monoisotopic (exact) mass is 253 g/mol. The van der Waals surface area contributed by atoms with Gasteiger partial charge < -0.3 is 11.1 Å². The number of anilines is 2. The number of pyridine rings is 1. The number of halogens is 1. The van der Waals surface area contributed by atoms with Crippen LogP contribution in [0.3, 0.4) is 0 Å². The van der Waals surface area contributed by atoms with Crippen LogP contribution >= 0.6 is 22.9 Å².